The molecule has 2 aromatic carbocycles. The van der Waals surface area contributed by atoms with Crippen LogP contribution in [-0.2, 0) is 14.3 Å². The summed E-state index contributed by atoms with van der Waals surface area (Å²) in [6.07, 6.45) is -0.372. The summed E-state index contributed by atoms with van der Waals surface area (Å²) in [6.45, 7) is 1.85. The molecule has 8 nitrogen and oxygen atoms in total. The molecule has 2 unspecified atom stereocenters. The van der Waals surface area contributed by atoms with Gasteiger partial charge in [-0.1, -0.05) is 48.5 Å². The number of carbonyl (C=O) groups is 3. The molecule has 0 saturated heterocycles. The zero-order valence-corrected chi connectivity index (χ0v) is 19.1. The Morgan fingerprint density at radius 2 is 1.65 bits per heavy atom. The summed E-state index contributed by atoms with van der Waals surface area (Å²) < 4.78 is 5.65. The van der Waals surface area contributed by atoms with Crippen LogP contribution >= 0.6 is 0 Å². The fourth-order valence-electron chi connectivity index (χ4n) is 4.78. The minimum absolute atomic E-state index is 0.0155. The van der Waals surface area contributed by atoms with Gasteiger partial charge in [0.25, 0.3) is 0 Å². The molecule has 180 valence electrons. The Kier molecular flexibility index (Phi) is 6.88. The number of carbonyl (C=O) groups excluding carboxylic acids is 2. The number of benzene rings is 2. The second-order valence-electron chi connectivity index (χ2n) is 9.37. The Labute approximate surface area is 198 Å². The average molecular weight is 467 g/mol. The summed E-state index contributed by atoms with van der Waals surface area (Å²) in [4.78, 5) is 35.9. The van der Waals surface area contributed by atoms with Crippen LogP contribution < -0.4 is 10.6 Å². The predicted octanol–water partition coefficient (Wildman–Crippen LogP) is 3.04. The number of amides is 2. The molecule has 0 bridgehead atoms. The Balaban J connectivity index is 1.35. The largest absolute Gasteiger partial charge is 0.481 e. The van der Waals surface area contributed by atoms with Crippen LogP contribution in [0.5, 0.6) is 0 Å². The summed E-state index contributed by atoms with van der Waals surface area (Å²) in [5.41, 5.74) is 3.76. The number of rotatable bonds is 10. The van der Waals surface area contributed by atoms with Gasteiger partial charge < -0.3 is 25.6 Å². The number of aliphatic carboxylic acids is 1. The summed E-state index contributed by atoms with van der Waals surface area (Å²) in [5, 5.41) is 23.8. The highest BCUT2D eigenvalue weighted by Crippen LogP contribution is 2.45. The van der Waals surface area contributed by atoms with Gasteiger partial charge in [-0.05, 0) is 47.9 Å². The van der Waals surface area contributed by atoms with E-state index in [4.69, 9.17) is 9.84 Å². The van der Waals surface area contributed by atoms with E-state index >= 15 is 0 Å². The Morgan fingerprint density at radius 3 is 2.21 bits per heavy atom. The molecule has 34 heavy (non-hydrogen) atoms. The van der Waals surface area contributed by atoms with Crippen molar-refractivity contribution in [2.75, 3.05) is 13.2 Å². The first-order valence-corrected chi connectivity index (χ1v) is 11.6. The van der Waals surface area contributed by atoms with Gasteiger partial charge in [-0.15, -0.1) is 0 Å². The molecule has 0 aromatic heterocycles. The van der Waals surface area contributed by atoms with Gasteiger partial charge in [0.2, 0.25) is 5.91 Å². The first-order chi connectivity index (χ1) is 16.3. The first-order valence-electron chi connectivity index (χ1n) is 11.6. The van der Waals surface area contributed by atoms with Crippen molar-refractivity contribution in [1.29, 1.82) is 0 Å². The van der Waals surface area contributed by atoms with Crippen molar-refractivity contribution >= 4 is 18.0 Å². The summed E-state index contributed by atoms with van der Waals surface area (Å²) >= 11 is 0. The van der Waals surface area contributed by atoms with Crippen molar-refractivity contribution in [2.45, 2.75) is 50.2 Å². The zero-order chi connectivity index (χ0) is 24.3. The van der Waals surface area contributed by atoms with Crippen LogP contribution in [-0.4, -0.2) is 53.0 Å². The molecule has 0 radical (unpaired) electrons. The molecule has 2 atom stereocenters. The third-order valence-electron chi connectivity index (χ3n) is 6.68. The van der Waals surface area contributed by atoms with Crippen molar-refractivity contribution in [2.24, 2.45) is 5.92 Å². The number of fused-ring (bicyclic) bond motifs is 3. The van der Waals surface area contributed by atoms with Crippen LogP contribution in [0, 0.1) is 5.92 Å². The maximum atomic E-state index is 12.8. The van der Waals surface area contributed by atoms with Gasteiger partial charge in [0.15, 0.2) is 0 Å². The molecule has 0 aliphatic heterocycles. The standard InChI is InChI=1S/C26H30N2O6/c1-26(16-10-11-16,13-23(30)27-14-17(29)12-24(31)32)28-25(33)34-15-22-20-8-4-2-6-18(20)19-7-3-5-9-21(19)22/h2-9,16-17,22,29H,10-15H2,1H3,(H,27,30)(H,28,33)(H,31,32). The number of hydrogen-bond donors (Lipinski definition) is 4. The molecule has 2 aromatic rings. The van der Waals surface area contributed by atoms with E-state index < -0.39 is 30.1 Å². The molecule has 8 heteroatoms. The summed E-state index contributed by atoms with van der Waals surface area (Å²) in [5.74, 6) is -1.40. The minimum Gasteiger partial charge on any atom is -0.481 e. The molecule has 4 N–H and O–H groups in total. The molecule has 0 spiro atoms. The molecular weight excluding hydrogens is 436 g/mol. The van der Waals surface area contributed by atoms with Crippen molar-refractivity contribution in [1.82, 2.24) is 10.6 Å². The number of ether oxygens (including phenoxy) is 1. The molecular formula is C26H30N2O6. The highest BCUT2D eigenvalue weighted by molar-refractivity contribution is 5.80. The third kappa shape index (κ3) is 5.39. The van der Waals surface area contributed by atoms with Crippen LogP contribution in [0.25, 0.3) is 11.1 Å². The van der Waals surface area contributed by atoms with E-state index in [1.165, 1.54) is 0 Å². The average Bonchev–Trinajstić information content (AvgIpc) is 3.60. The van der Waals surface area contributed by atoms with E-state index in [1.54, 1.807) is 0 Å². The van der Waals surface area contributed by atoms with Crippen LogP contribution in [0.1, 0.15) is 49.7 Å². The highest BCUT2D eigenvalue weighted by atomic mass is 16.5. The molecule has 1 saturated carbocycles. The van der Waals surface area contributed by atoms with E-state index in [1.807, 2.05) is 31.2 Å². The number of hydrogen-bond acceptors (Lipinski definition) is 5. The lowest BCUT2D eigenvalue weighted by Gasteiger charge is -2.30. The van der Waals surface area contributed by atoms with Gasteiger partial charge >= 0.3 is 12.1 Å². The fraction of sp³-hybridized carbons (Fsp3) is 0.423. The zero-order valence-electron chi connectivity index (χ0n) is 19.1. The van der Waals surface area contributed by atoms with Crippen molar-refractivity contribution in [3.8, 4) is 11.1 Å². The van der Waals surface area contributed by atoms with Gasteiger partial charge in [-0.3, -0.25) is 9.59 Å². The maximum absolute atomic E-state index is 12.8. The molecule has 4 rings (SSSR count). The summed E-state index contributed by atoms with van der Waals surface area (Å²) in [6, 6.07) is 16.2. The second-order valence-corrected chi connectivity index (χ2v) is 9.37. The van der Waals surface area contributed by atoms with Crippen LogP contribution in [0.3, 0.4) is 0 Å². The molecule has 2 aliphatic rings. The Hall–Kier alpha value is -3.39. The van der Waals surface area contributed by atoms with Gasteiger partial charge in [0.05, 0.1) is 18.1 Å². The normalized spacial score (nSPS) is 17.1. The van der Waals surface area contributed by atoms with Crippen molar-refractivity contribution in [3.63, 3.8) is 0 Å². The van der Waals surface area contributed by atoms with E-state index in [0.717, 1.165) is 35.1 Å². The van der Waals surface area contributed by atoms with E-state index in [-0.39, 0.29) is 37.3 Å². The Bertz CT molecular complexity index is 1040. The van der Waals surface area contributed by atoms with Crippen molar-refractivity contribution < 1.29 is 29.3 Å². The lowest BCUT2D eigenvalue weighted by Crippen LogP contribution is -2.51. The van der Waals surface area contributed by atoms with E-state index in [2.05, 4.69) is 34.9 Å². The molecule has 0 heterocycles. The quantitative estimate of drug-likeness (QED) is 0.427. The monoisotopic (exact) mass is 466 g/mol. The van der Waals surface area contributed by atoms with E-state index in [0.29, 0.717) is 0 Å². The lowest BCUT2D eigenvalue weighted by atomic mass is 9.91. The third-order valence-corrected chi connectivity index (χ3v) is 6.68. The van der Waals surface area contributed by atoms with Gasteiger partial charge in [0.1, 0.15) is 6.61 Å². The molecule has 2 amide bonds. The number of alkyl carbamates (subject to hydrolysis) is 1. The molecule has 1 fully saturated rings. The lowest BCUT2D eigenvalue weighted by molar-refractivity contribution is -0.139. The van der Waals surface area contributed by atoms with Gasteiger partial charge in [-0.25, -0.2) is 4.79 Å². The minimum atomic E-state index is -1.16. The van der Waals surface area contributed by atoms with Crippen LogP contribution in [0.2, 0.25) is 0 Å². The fourth-order valence-corrected chi connectivity index (χ4v) is 4.78. The second kappa shape index (κ2) is 9.85. The van der Waals surface area contributed by atoms with Crippen LogP contribution in [0.4, 0.5) is 4.79 Å². The van der Waals surface area contributed by atoms with E-state index in [9.17, 15) is 19.5 Å². The van der Waals surface area contributed by atoms with Crippen LogP contribution in [0.15, 0.2) is 48.5 Å². The number of carboxylic acids is 1. The number of nitrogens with one attached hydrogen (secondary N) is 2. The number of carboxylic acid groups (broad SMARTS) is 1. The van der Waals surface area contributed by atoms with Gasteiger partial charge in [-0.2, -0.15) is 0 Å². The number of aliphatic hydroxyl groups excluding tert-OH is 1. The molecule has 2 aliphatic carbocycles. The first kappa shape index (κ1) is 23.8. The van der Waals surface area contributed by atoms with Gasteiger partial charge in [0, 0.05) is 18.9 Å². The summed E-state index contributed by atoms with van der Waals surface area (Å²) in [7, 11) is 0. The maximum Gasteiger partial charge on any atom is 0.407 e. The predicted molar refractivity (Wildman–Crippen MR) is 125 cm³/mol. The van der Waals surface area contributed by atoms with Crippen molar-refractivity contribution in [3.05, 3.63) is 59.7 Å². The SMILES string of the molecule is CC(CC(=O)NCC(O)CC(=O)O)(NC(=O)OCC1c2ccccc2-c2ccccc21)C1CC1. The smallest absolute Gasteiger partial charge is 0.407 e. The number of aliphatic hydroxyl groups is 1. The Morgan fingerprint density at radius 1 is 1.06 bits per heavy atom. The highest BCUT2D eigenvalue weighted by Gasteiger charge is 2.44. The topological polar surface area (TPSA) is 125 Å².